The number of aromatic nitrogens is 4. The Hall–Kier alpha value is -1.60. The highest BCUT2D eigenvalue weighted by atomic mass is 32.2. The fourth-order valence-corrected chi connectivity index (χ4v) is 1.53. The second-order valence-electron chi connectivity index (χ2n) is 3.43. The zero-order chi connectivity index (χ0) is 12.6. The molecule has 0 aliphatic heterocycles. The summed E-state index contributed by atoms with van der Waals surface area (Å²) in [6.45, 7) is 0.867. The minimum absolute atomic E-state index is 0.281. The molecular formula is C11H11FN4OS. The number of hydrogen-bond acceptors (Lipinski definition) is 6. The van der Waals surface area contributed by atoms with Crippen molar-refractivity contribution in [2.75, 3.05) is 12.4 Å². The summed E-state index contributed by atoms with van der Waals surface area (Å²) in [4.78, 5) is 0. The number of ether oxygens (including phenoxy) is 1. The summed E-state index contributed by atoms with van der Waals surface area (Å²) in [7, 11) is 0. The van der Waals surface area contributed by atoms with E-state index >= 15 is 0 Å². The van der Waals surface area contributed by atoms with Gasteiger partial charge in [0.1, 0.15) is 0 Å². The molecule has 0 aliphatic rings. The van der Waals surface area contributed by atoms with E-state index < -0.39 is 0 Å². The number of rotatable bonds is 6. The van der Waals surface area contributed by atoms with Crippen molar-refractivity contribution in [2.45, 2.75) is 6.61 Å². The zero-order valence-electron chi connectivity index (χ0n) is 9.49. The molecule has 0 saturated carbocycles. The molecule has 0 atom stereocenters. The van der Waals surface area contributed by atoms with Crippen molar-refractivity contribution in [1.82, 2.24) is 20.4 Å². The standard InChI is InChI=1S/C11H11FN4OS/c12-18-6-5-17-7-9-1-3-10(4-2-9)11-15-13-8-14-16-11/h1-4,8H,5-7H2. The molecule has 5 nitrogen and oxygen atoms in total. The molecule has 0 saturated heterocycles. The topological polar surface area (TPSA) is 60.8 Å². The summed E-state index contributed by atoms with van der Waals surface area (Å²) in [5.74, 6) is 0.839. The van der Waals surface area contributed by atoms with Crippen LogP contribution in [0.1, 0.15) is 5.56 Å². The van der Waals surface area contributed by atoms with Gasteiger partial charge in [-0.1, -0.05) is 24.3 Å². The van der Waals surface area contributed by atoms with Crippen LogP contribution in [0.15, 0.2) is 30.6 Å². The average molecular weight is 266 g/mol. The van der Waals surface area contributed by atoms with E-state index in [9.17, 15) is 3.89 Å². The monoisotopic (exact) mass is 266 g/mol. The van der Waals surface area contributed by atoms with E-state index in [0.717, 1.165) is 11.1 Å². The fourth-order valence-electron chi connectivity index (χ4n) is 1.35. The van der Waals surface area contributed by atoms with E-state index in [1.165, 1.54) is 6.33 Å². The number of halogens is 1. The highest BCUT2D eigenvalue weighted by Crippen LogP contribution is 2.14. The van der Waals surface area contributed by atoms with Gasteiger partial charge in [-0.05, 0) is 5.56 Å². The van der Waals surface area contributed by atoms with Crippen LogP contribution >= 0.6 is 12.1 Å². The molecule has 0 spiro atoms. The summed E-state index contributed by atoms with van der Waals surface area (Å²) in [6, 6.07) is 7.57. The Kier molecular flexibility index (Phi) is 4.98. The maximum atomic E-state index is 11.8. The first-order valence-corrected chi connectivity index (χ1v) is 6.19. The van der Waals surface area contributed by atoms with Gasteiger partial charge in [0.25, 0.3) is 0 Å². The smallest absolute Gasteiger partial charge is 0.203 e. The first kappa shape index (κ1) is 12.8. The quantitative estimate of drug-likeness (QED) is 0.746. The lowest BCUT2D eigenvalue weighted by atomic mass is 10.1. The lowest BCUT2D eigenvalue weighted by Crippen LogP contribution is -1.97. The van der Waals surface area contributed by atoms with E-state index in [-0.39, 0.29) is 12.1 Å². The lowest BCUT2D eigenvalue weighted by molar-refractivity contribution is 0.136. The SMILES string of the molecule is FSCCOCc1ccc(-c2nncnn2)cc1. The molecule has 0 amide bonds. The molecule has 0 radical (unpaired) electrons. The molecule has 1 aromatic heterocycles. The molecule has 0 aliphatic carbocycles. The fraction of sp³-hybridized carbons (Fsp3) is 0.273. The van der Waals surface area contributed by atoms with Gasteiger partial charge in [-0.25, -0.2) is 0 Å². The minimum atomic E-state index is 0.281. The van der Waals surface area contributed by atoms with E-state index in [2.05, 4.69) is 20.4 Å². The van der Waals surface area contributed by atoms with Gasteiger partial charge in [-0.15, -0.1) is 20.4 Å². The molecule has 1 aromatic carbocycles. The largest absolute Gasteiger partial charge is 0.376 e. The third-order valence-corrected chi connectivity index (χ3v) is 2.51. The van der Waals surface area contributed by atoms with Crippen molar-refractivity contribution >= 4 is 12.1 Å². The van der Waals surface area contributed by atoms with Crippen molar-refractivity contribution < 1.29 is 8.62 Å². The normalized spacial score (nSPS) is 10.5. The van der Waals surface area contributed by atoms with E-state index in [1.807, 2.05) is 24.3 Å². The summed E-state index contributed by atoms with van der Waals surface area (Å²) < 4.78 is 17.1. The predicted molar refractivity (Wildman–Crippen MR) is 66.3 cm³/mol. The highest BCUT2D eigenvalue weighted by Gasteiger charge is 2.01. The van der Waals surface area contributed by atoms with Crippen LogP contribution in [0.25, 0.3) is 11.4 Å². The van der Waals surface area contributed by atoms with Crippen molar-refractivity contribution in [1.29, 1.82) is 0 Å². The molecule has 18 heavy (non-hydrogen) atoms. The maximum absolute atomic E-state index is 11.8. The van der Waals surface area contributed by atoms with E-state index in [4.69, 9.17) is 4.74 Å². The maximum Gasteiger partial charge on any atom is 0.203 e. The molecule has 94 valence electrons. The second kappa shape index (κ2) is 6.97. The van der Waals surface area contributed by atoms with Crippen molar-refractivity contribution in [3.63, 3.8) is 0 Å². The van der Waals surface area contributed by atoms with Crippen molar-refractivity contribution in [3.8, 4) is 11.4 Å². The lowest BCUT2D eigenvalue weighted by Gasteiger charge is -2.03. The van der Waals surface area contributed by atoms with Gasteiger partial charge in [0.2, 0.25) is 5.82 Å². The van der Waals surface area contributed by atoms with Crippen LogP contribution in [-0.2, 0) is 11.3 Å². The zero-order valence-corrected chi connectivity index (χ0v) is 10.3. The van der Waals surface area contributed by atoms with Gasteiger partial charge < -0.3 is 4.74 Å². The van der Waals surface area contributed by atoms with E-state index in [0.29, 0.717) is 24.8 Å². The molecule has 0 bridgehead atoms. The molecule has 2 rings (SSSR count). The molecule has 0 unspecified atom stereocenters. The van der Waals surface area contributed by atoms with Gasteiger partial charge in [-0.3, -0.25) is 0 Å². The Morgan fingerprint density at radius 2 is 1.83 bits per heavy atom. The van der Waals surface area contributed by atoms with Crippen LogP contribution in [0.2, 0.25) is 0 Å². The van der Waals surface area contributed by atoms with Crippen molar-refractivity contribution in [2.24, 2.45) is 0 Å². The van der Waals surface area contributed by atoms with E-state index in [1.54, 1.807) is 0 Å². The second-order valence-corrected chi connectivity index (χ2v) is 4.06. The Morgan fingerprint density at radius 3 is 2.50 bits per heavy atom. The predicted octanol–water partition coefficient (Wildman–Crippen LogP) is 2.07. The van der Waals surface area contributed by atoms with Crippen LogP contribution in [0, 0.1) is 0 Å². The van der Waals surface area contributed by atoms with Gasteiger partial charge in [-0.2, -0.15) is 3.89 Å². The Morgan fingerprint density at radius 1 is 1.11 bits per heavy atom. The van der Waals surface area contributed by atoms with Crippen molar-refractivity contribution in [3.05, 3.63) is 36.2 Å². The first-order chi connectivity index (χ1) is 8.90. The Balaban J connectivity index is 1.94. The molecule has 7 heteroatoms. The summed E-state index contributed by atoms with van der Waals surface area (Å²) >= 11 is 0.281. The van der Waals surface area contributed by atoms with Gasteiger partial charge in [0.15, 0.2) is 6.33 Å². The average Bonchev–Trinajstić information content (AvgIpc) is 2.45. The van der Waals surface area contributed by atoms with Crippen LogP contribution < -0.4 is 0 Å². The third kappa shape index (κ3) is 3.71. The van der Waals surface area contributed by atoms with Gasteiger partial charge in [0, 0.05) is 23.5 Å². The van der Waals surface area contributed by atoms with Crippen LogP contribution in [0.5, 0.6) is 0 Å². The Labute approximate surface area is 108 Å². The third-order valence-electron chi connectivity index (χ3n) is 2.19. The number of hydrogen-bond donors (Lipinski definition) is 0. The minimum Gasteiger partial charge on any atom is -0.376 e. The Bertz CT molecular complexity index is 468. The molecule has 2 aromatic rings. The molecular weight excluding hydrogens is 255 g/mol. The summed E-state index contributed by atoms with van der Waals surface area (Å²) in [5.41, 5.74) is 1.86. The van der Waals surface area contributed by atoms with Gasteiger partial charge in [0.05, 0.1) is 13.2 Å². The van der Waals surface area contributed by atoms with Crippen LogP contribution in [-0.4, -0.2) is 32.8 Å². The van der Waals surface area contributed by atoms with Crippen LogP contribution in [0.4, 0.5) is 3.89 Å². The first-order valence-electron chi connectivity index (χ1n) is 5.31. The number of nitrogens with zero attached hydrogens (tertiary/aromatic N) is 4. The summed E-state index contributed by atoms with van der Waals surface area (Å²) in [6.07, 6.45) is 1.29. The van der Waals surface area contributed by atoms with Crippen LogP contribution in [0.3, 0.4) is 0 Å². The summed E-state index contributed by atoms with van der Waals surface area (Å²) in [5, 5.41) is 15.1. The number of benzene rings is 1. The molecule has 0 N–H and O–H groups in total. The highest BCUT2D eigenvalue weighted by molar-refractivity contribution is 7.94. The van der Waals surface area contributed by atoms with Gasteiger partial charge >= 0.3 is 0 Å². The molecule has 1 heterocycles. The molecule has 0 fully saturated rings.